The van der Waals surface area contributed by atoms with Crippen LogP contribution in [0, 0.1) is 0 Å². The van der Waals surface area contributed by atoms with Gasteiger partial charge >= 0.3 is 5.69 Å². The highest BCUT2D eigenvalue weighted by Crippen LogP contribution is 2.31. The van der Waals surface area contributed by atoms with E-state index in [-0.39, 0.29) is 0 Å². The zero-order valence-electron chi connectivity index (χ0n) is 16.3. The molecule has 3 heterocycles. The first-order valence-electron chi connectivity index (χ1n) is 9.30. The Morgan fingerprint density at radius 1 is 0.933 bits per heavy atom. The summed E-state index contributed by atoms with van der Waals surface area (Å²) in [6.45, 7) is 0.338. The molecule has 0 amide bonds. The van der Waals surface area contributed by atoms with E-state index in [0.29, 0.717) is 28.7 Å². The third-order valence-electron chi connectivity index (χ3n) is 5.22. The largest absolute Gasteiger partial charge is 0.332 e. The Balaban J connectivity index is 1.81. The minimum absolute atomic E-state index is 0.326. The lowest BCUT2D eigenvalue weighted by Crippen LogP contribution is -2.38. The second-order valence-electron chi connectivity index (χ2n) is 7.08. The van der Waals surface area contributed by atoms with Gasteiger partial charge in [-0.05, 0) is 29.8 Å². The summed E-state index contributed by atoms with van der Waals surface area (Å²) >= 11 is 6.05. The summed E-state index contributed by atoms with van der Waals surface area (Å²) < 4.78 is 4.28. The molecule has 0 unspecified atom stereocenters. The van der Waals surface area contributed by atoms with Crippen LogP contribution in [0.2, 0.25) is 5.02 Å². The van der Waals surface area contributed by atoms with Gasteiger partial charge in [-0.15, -0.1) is 0 Å². The van der Waals surface area contributed by atoms with Crippen LogP contribution in [0.25, 0.3) is 11.2 Å². The summed E-state index contributed by atoms with van der Waals surface area (Å²) in [5, 5.41) is 7.14. The average molecular weight is 421 g/mol. The van der Waals surface area contributed by atoms with Crippen molar-refractivity contribution in [3.8, 4) is 0 Å². The van der Waals surface area contributed by atoms with Gasteiger partial charge < -0.3 is 0 Å². The number of hydrogen-bond acceptors (Lipinski definition) is 5. The first-order valence-corrected chi connectivity index (χ1v) is 9.68. The SMILES string of the molecule is Cn1c(=O)c2c(nc3n2CC(c2ccc(Cl)cc2)=NN3c2ccccc2)n(C)c1=O. The Kier molecular flexibility index (Phi) is 4.11. The molecule has 0 saturated carbocycles. The molecule has 0 bridgehead atoms. The number of rotatable bonds is 2. The van der Waals surface area contributed by atoms with Crippen LogP contribution in [0.5, 0.6) is 0 Å². The number of para-hydroxylation sites is 1. The normalized spacial score (nSPS) is 13.4. The molecule has 2 aromatic heterocycles. The molecule has 0 aliphatic carbocycles. The maximum atomic E-state index is 13.0. The summed E-state index contributed by atoms with van der Waals surface area (Å²) in [5.41, 5.74) is 2.29. The molecular formula is C21H17ClN6O2. The monoisotopic (exact) mass is 420 g/mol. The van der Waals surface area contributed by atoms with Crippen molar-refractivity contribution in [3.63, 3.8) is 0 Å². The molecule has 0 spiro atoms. The number of benzene rings is 2. The Hall–Kier alpha value is -3.65. The Bertz CT molecular complexity index is 1430. The molecule has 1 aliphatic heterocycles. The van der Waals surface area contributed by atoms with Gasteiger partial charge in [0.1, 0.15) is 0 Å². The van der Waals surface area contributed by atoms with E-state index < -0.39 is 11.2 Å². The fourth-order valence-electron chi connectivity index (χ4n) is 3.63. The van der Waals surface area contributed by atoms with E-state index in [4.69, 9.17) is 16.7 Å². The highest BCUT2D eigenvalue weighted by atomic mass is 35.5. The van der Waals surface area contributed by atoms with Gasteiger partial charge in [0.2, 0.25) is 5.95 Å². The minimum Gasteiger partial charge on any atom is -0.296 e. The van der Waals surface area contributed by atoms with E-state index in [1.807, 2.05) is 42.5 Å². The smallest absolute Gasteiger partial charge is 0.296 e. The van der Waals surface area contributed by atoms with Gasteiger partial charge in [0.25, 0.3) is 5.56 Å². The molecule has 150 valence electrons. The van der Waals surface area contributed by atoms with Crippen LogP contribution >= 0.6 is 11.6 Å². The van der Waals surface area contributed by atoms with E-state index in [9.17, 15) is 9.59 Å². The van der Waals surface area contributed by atoms with E-state index in [0.717, 1.165) is 21.5 Å². The minimum atomic E-state index is -0.423. The van der Waals surface area contributed by atoms with Crippen molar-refractivity contribution in [2.75, 3.05) is 5.01 Å². The lowest BCUT2D eigenvalue weighted by atomic mass is 10.1. The van der Waals surface area contributed by atoms with Crippen LogP contribution in [0.4, 0.5) is 11.6 Å². The van der Waals surface area contributed by atoms with E-state index in [2.05, 4.69) is 4.98 Å². The van der Waals surface area contributed by atoms with Crippen molar-refractivity contribution in [1.29, 1.82) is 0 Å². The lowest BCUT2D eigenvalue weighted by Gasteiger charge is -2.26. The van der Waals surface area contributed by atoms with Crippen LogP contribution in [0.3, 0.4) is 0 Å². The van der Waals surface area contributed by atoms with Crippen LogP contribution in [0.1, 0.15) is 5.56 Å². The van der Waals surface area contributed by atoms with Crippen molar-refractivity contribution in [3.05, 3.63) is 86.0 Å². The average Bonchev–Trinajstić information content (AvgIpc) is 3.16. The van der Waals surface area contributed by atoms with Gasteiger partial charge in [0.15, 0.2) is 11.2 Å². The summed E-state index contributed by atoms with van der Waals surface area (Å²) in [6.07, 6.45) is 0. The fraction of sp³-hybridized carbons (Fsp3) is 0.143. The predicted octanol–water partition coefficient (Wildman–Crippen LogP) is 2.64. The van der Waals surface area contributed by atoms with Gasteiger partial charge in [-0.2, -0.15) is 15.1 Å². The molecule has 1 aliphatic rings. The van der Waals surface area contributed by atoms with Gasteiger partial charge in [0, 0.05) is 19.1 Å². The summed E-state index contributed by atoms with van der Waals surface area (Å²) in [6, 6.07) is 16.9. The van der Waals surface area contributed by atoms with Crippen molar-refractivity contribution in [1.82, 2.24) is 18.7 Å². The quantitative estimate of drug-likeness (QED) is 0.499. The number of nitrogens with zero attached hydrogens (tertiary/aromatic N) is 6. The molecule has 30 heavy (non-hydrogen) atoms. The molecule has 9 heteroatoms. The molecule has 0 atom stereocenters. The van der Waals surface area contributed by atoms with Crippen LogP contribution in [-0.4, -0.2) is 24.4 Å². The third-order valence-corrected chi connectivity index (χ3v) is 5.48. The number of halogens is 1. The Morgan fingerprint density at radius 3 is 2.33 bits per heavy atom. The maximum absolute atomic E-state index is 13.0. The standard InChI is InChI=1S/C21H17ClN6O2/c1-25-18-17(19(29)26(2)21(25)30)27-12-16(13-8-10-14(22)11-9-13)24-28(20(27)23-18)15-6-4-3-5-7-15/h3-11H,12H2,1-2H3. The van der Waals surface area contributed by atoms with E-state index in [1.165, 1.54) is 11.6 Å². The number of anilines is 2. The number of imidazole rings is 1. The van der Waals surface area contributed by atoms with Gasteiger partial charge in [-0.25, -0.2) is 4.79 Å². The topological polar surface area (TPSA) is 77.4 Å². The zero-order chi connectivity index (χ0) is 21.0. The second-order valence-corrected chi connectivity index (χ2v) is 7.51. The Labute approximate surface area is 175 Å². The van der Waals surface area contributed by atoms with Gasteiger partial charge in [-0.1, -0.05) is 41.9 Å². The molecule has 4 aromatic rings. The molecule has 0 radical (unpaired) electrons. The van der Waals surface area contributed by atoms with Gasteiger partial charge in [-0.3, -0.25) is 18.5 Å². The summed E-state index contributed by atoms with van der Waals surface area (Å²) in [5.74, 6) is 0.479. The number of fused-ring (bicyclic) bond motifs is 3. The van der Waals surface area contributed by atoms with E-state index >= 15 is 0 Å². The number of hydrogen-bond donors (Lipinski definition) is 0. The summed E-state index contributed by atoms with van der Waals surface area (Å²) in [4.78, 5) is 30.0. The lowest BCUT2D eigenvalue weighted by molar-refractivity contribution is 0.703. The molecule has 5 rings (SSSR count). The maximum Gasteiger partial charge on any atom is 0.332 e. The summed E-state index contributed by atoms with van der Waals surface area (Å²) in [7, 11) is 3.08. The first-order chi connectivity index (χ1) is 14.5. The number of hydrazone groups is 1. The zero-order valence-corrected chi connectivity index (χ0v) is 17.0. The number of aromatic nitrogens is 4. The molecular weight excluding hydrogens is 404 g/mol. The van der Waals surface area contributed by atoms with Crippen LogP contribution < -0.4 is 16.3 Å². The Morgan fingerprint density at radius 2 is 1.63 bits per heavy atom. The molecule has 2 aromatic carbocycles. The number of aryl methyl sites for hydroxylation is 1. The van der Waals surface area contributed by atoms with Crippen molar-refractivity contribution in [2.45, 2.75) is 6.54 Å². The fourth-order valence-corrected chi connectivity index (χ4v) is 3.75. The molecule has 0 saturated heterocycles. The molecule has 0 N–H and O–H groups in total. The highest BCUT2D eigenvalue weighted by Gasteiger charge is 2.28. The predicted molar refractivity (Wildman–Crippen MR) is 117 cm³/mol. The van der Waals surface area contributed by atoms with Gasteiger partial charge in [0.05, 0.1) is 17.9 Å². The van der Waals surface area contributed by atoms with E-state index in [1.54, 1.807) is 28.8 Å². The third kappa shape index (κ3) is 2.68. The second kappa shape index (κ2) is 6.70. The molecule has 0 fully saturated rings. The van der Waals surface area contributed by atoms with Crippen LogP contribution in [0.15, 0.2) is 69.3 Å². The van der Waals surface area contributed by atoms with Crippen molar-refractivity contribution < 1.29 is 0 Å². The first kappa shape index (κ1) is 18.4. The van der Waals surface area contributed by atoms with Crippen molar-refractivity contribution >= 4 is 40.1 Å². The van der Waals surface area contributed by atoms with Crippen molar-refractivity contribution in [2.24, 2.45) is 19.2 Å². The van der Waals surface area contributed by atoms with Crippen LogP contribution in [-0.2, 0) is 20.6 Å². The molecule has 8 nitrogen and oxygen atoms in total. The highest BCUT2D eigenvalue weighted by molar-refractivity contribution is 6.30.